The van der Waals surface area contributed by atoms with Crippen molar-refractivity contribution in [3.05, 3.63) is 47.3 Å². The zero-order valence-electron chi connectivity index (χ0n) is 14.8. The summed E-state index contributed by atoms with van der Waals surface area (Å²) in [6, 6.07) is 5.97. The fraction of sp³-hybridized carbons (Fsp3) is 0.421. The van der Waals surface area contributed by atoms with E-state index in [1.165, 1.54) is 12.1 Å². The van der Waals surface area contributed by atoms with Gasteiger partial charge in [-0.05, 0) is 37.8 Å². The van der Waals surface area contributed by atoms with E-state index in [0.717, 1.165) is 31.4 Å². The smallest absolute Gasteiger partial charge is 0.291 e. The average Bonchev–Trinajstić information content (AvgIpc) is 3.04. The largest absolute Gasteiger partial charge is 0.351 e. The summed E-state index contributed by atoms with van der Waals surface area (Å²) in [4.78, 5) is 29.4. The predicted molar refractivity (Wildman–Crippen MR) is 96.8 cm³/mol. The number of amides is 2. The molecule has 0 aliphatic carbocycles. The van der Waals surface area contributed by atoms with Gasteiger partial charge in [0, 0.05) is 13.1 Å². The molecule has 26 heavy (non-hydrogen) atoms. The topological polar surface area (TPSA) is 76.0 Å². The summed E-state index contributed by atoms with van der Waals surface area (Å²) in [7, 11) is 0. The highest BCUT2D eigenvalue weighted by molar-refractivity contribution is 6.03. The number of hydrogen-bond donors (Lipinski definition) is 2. The molecular formula is C19H23FN4O2. The number of fused-ring (bicyclic) bond motifs is 1. The zero-order chi connectivity index (χ0) is 18.5. The molecule has 3 rings (SSSR count). The Morgan fingerprint density at radius 2 is 2.04 bits per heavy atom. The van der Waals surface area contributed by atoms with Gasteiger partial charge in [0.1, 0.15) is 11.5 Å². The van der Waals surface area contributed by atoms with E-state index in [4.69, 9.17) is 0 Å². The first kappa shape index (κ1) is 18.1. The SMILES string of the molecule is CCCCNC(=O)c1nc(C(=O)Nc2ccccc2F)n2c1CCCC2. The molecule has 6 nitrogen and oxygen atoms in total. The van der Waals surface area contributed by atoms with Crippen molar-refractivity contribution < 1.29 is 14.0 Å². The second kappa shape index (κ2) is 8.12. The van der Waals surface area contributed by atoms with Crippen LogP contribution in [0.1, 0.15) is 59.4 Å². The highest BCUT2D eigenvalue weighted by Gasteiger charge is 2.27. The van der Waals surface area contributed by atoms with Gasteiger partial charge in [0.2, 0.25) is 0 Å². The van der Waals surface area contributed by atoms with Gasteiger partial charge in [-0.1, -0.05) is 25.5 Å². The van der Waals surface area contributed by atoms with E-state index >= 15 is 0 Å². The maximum Gasteiger partial charge on any atom is 0.291 e. The minimum atomic E-state index is -0.510. The molecular weight excluding hydrogens is 335 g/mol. The molecule has 1 aliphatic heterocycles. The number of hydrogen-bond acceptors (Lipinski definition) is 3. The number of anilines is 1. The van der Waals surface area contributed by atoms with Crippen LogP contribution >= 0.6 is 0 Å². The number of carbonyl (C=O) groups excluding carboxylic acids is 2. The molecule has 1 aromatic carbocycles. The van der Waals surface area contributed by atoms with E-state index in [1.807, 2.05) is 0 Å². The number of halogens is 1. The molecule has 138 valence electrons. The van der Waals surface area contributed by atoms with Crippen LogP contribution in [0, 0.1) is 5.82 Å². The van der Waals surface area contributed by atoms with Crippen molar-refractivity contribution in [2.75, 3.05) is 11.9 Å². The van der Waals surface area contributed by atoms with E-state index < -0.39 is 11.7 Å². The zero-order valence-corrected chi connectivity index (χ0v) is 14.8. The summed E-state index contributed by atoms with van der Waals surface area (Å²) in [5.74, 6) is -1.12. The van der Waals surface area contributed by atoms with Crippen molar-refractivity contribution in [1.29, 1.82) is 0 Å². The Hall–Kier alpha value is -2.70. The van der Waals surface area contributed by atoms with Crippen molar-refractivity contribution in [2.45, 2.75) is 45.6 Å². The fourth-order valence-corrected chi connectivity index (χ4v) is 3.10. The predicted octanol–water partition coefficient (Wildman–Crippen LogP) is 3.14. The van der Waals surface area contributed by atoms with Crippen LogP contribution in [0.2, 0.25) is 0 Å². The van der Waals surface area contributed by atoms with Gasteiger partial charge in [-0.3, -0.25) is 9.59 Å². The number of nitrogens with one attached hydrogen (secondary N) is 2. The maximum absolute atomic E-state index is 13.8. The molecule has 0 saturated heterocycles. The molecule has 1 aromatic heterocycles. The third kappa shape index (κ3) is 3.76. The van der Waals surface area contributed by atoms with Gasteiger partial charge in [-0.15, -0.1) is 0 Å². The number of nitrogens with zero attached hydrogens (tertiary/aromatic N) is 2. The number of carbonyl (C=O) groups is 2. The van der Waals surface area contributed by atoms with Crippen LogP contribution in [-0.2, 0) is 13.0 Å². The summed E-state index contributed by atoms with van der Waals surface area (Å²) in [5.41, 5.74) is 1.18. The lowest BCUT2D eigenvalue weighted by molar-refractivity contribution is 0.0947. The van der Waals surface area contributed by atoms with E-state index in [0.29, 0.717) is 25.2 Å². The number of aromatic nitrogens is 2. The van der Waals surface area contributed by atoms with Crippen LogP contribution in [0.25, 0.3) is 0 Å². The molecule has 0 spiro atoms. The number of rotatable bonds is 6. The number of benzene rings is 1. The van der Waals surface area contributed by atoms with Crippen molar-refractivity contribution in [3.8, 4) is 0 Å². The summed E-state index contributed by atoms with van der Waals surface area (Å²) < 4.78 is 15.6. The molecule has 7 heteroatoms. The first-order chi connectivity index (χ1) is 12.6. The highest BCUT2D eigenvalue weighted by Crippen LogP contribution is 2.22. The molecule has 0 bridgehead atoms. The van der Waals surface area contributed by atoms with Crippen LogP contribution in [0.4, 0.5) is 10.1 Å². The van der Waals surface area contributed by atoms with Crippen LogP contribution in [0.5, 0.6) is 0 Å². The standard InChI is InChI=1S/C19H23FN4O2/c1-2-3-11-21-18(25)16-15-10-6-7-12-24(15)17(23-16)19(26)22-14-9-5-4-8-13(14)20/h4-5,8-9H,2-3,6-7,10-12H2,1H3,(H,21,25)(H,22,26). The van der Waals surface area contributed by atoms with Crippen LogP contribution in [-0.4, -0.2) is 27.9 Å². The summed E-state index contributed by atoms with van der Waals surface area (Å²) in [6.45, 7) is 3.26. The van der Waals surface area contributed by atoms with E-state index in [2.05, 4.69) is 22.5 Å². The first-order valence-electron chi connectivity index (χ1n) is 9.05. The number of para-hydroxylation sites is 1. The lowest BCUT2D eigenvalue weighted by Gasteiger charge is -2.17. The summed E-state index contributed by atoms with van der Waals surface area (Å²) >= 11 is 0. The van der Waals surface area contributed by atoms with Gasteiger partial charge in [0.05, 0.1) is 11.4 Å². The van der Waals surface area contributed by atoms with Gasteiger partial charge in [0.15, 0.2) is 5.82 Å². The third-order valence-corrected chi connectivity index (χ3v) is 4.47. The molecule has 2 heterocycles. The number of imidazole rings is 1. The Balaban J connectivity index is 1.86. The van der Waals surface area contributed by atoms with Gasteiger partial charge < -0.3 is 15.2 Å². The molecule has 0 radical (unpaired) electrons. The second-order valence-corrected chi connectivity index (χ2v) is 6.38. The van der Waals surface area contributed by atoms with Gasteiger partial charge >= 0.3 is 0 Å². The maximum atomic E-state index is 13.8. The second-order valence-electron chi connectivity index (χ2n) is 6.38. The van der Waals surface area contributed by atoms with Gasteiger partial charge in [-0.25, -0.2) is 9.37 Å². The van der Waals surface area contributed by atoms with Crippen molar-refractivity contribution >= 4 is 17.5 Å². The molecule has 2 N–H and O–H groups in total. The van der Waals surface area contributed by atoms with Crippen LogP contribution < -0.4 is 10.6 Å². The molecule has 0 saturated carbocycles. The van der Waals surface area contributed by atoms with Crippen molar-refractivity contribution in [1.82, 2.24) is 14.9 Å². The number of unbranched alkanes of at least 4 members (excludes halogenated alkanes) is 1. The summed E-state index contributed by atoms with van der Waals surface area (Å²) in [5, 5.41) is 5.41. The van der Waals surface area contributed by atoms with Crippen LogP contribution in [0.15, 0.2) is 24.3 Å². The first-order valence-corrected chi connectivity index (χ1v) is 9.05. The molecule has 1 aliphatic rings. The molecule has 0 unspecified atom stereocenters. The lowest BCUT2D eigenvalue weighted by atomic mass is 10.1. The minimum Gasteiger partial charge on any atom is -0.351 e. The minimum absolute atomic E-state index is 0.0969. The van der Waals surface area contributed by atoms with Crippen molar-refractivity contribution in [3.63, 3.8) is 0 Å². The van der Waals surface area contributed by atoms with Gasteiger partial charge in [0.25, 0.3) is 11.8 Å². The van der Waals surface area contributed by atoms with Crippen molar-refractivity contribution in [2.24, 2.45) is 0 Å². The van der Waals surface area contributed by atoms with E-state index in [-0.39, 0.29) is 17.4 Å². The quantitative estimate of drug-likeness (QED) is 0.779. The summed E-state index contributed by atoms with van der Waals surface area (Å²) in [6.07, 6.45) is 4.45. The molecule has 2 amide bonds. The Bertz CT molecular complexity index is 816. The Morgan fingerprint density at radius 3 is 2.81 bits per heavy atom. The molecule has 2 aromatic rings. The normalized spacial score (nSPS) is 13.2. The monoisotopic (exact) mass is 358 g/mol. The van der Waals surface area contributed by atoms with E-state index in [1.54, 1.807) is 16.7 Å². The fourth-order valence-electron chi connectivity index (χ4n) is 3.10. The van der Waals surface area contributed by atoms with Crippen LogP contribution in [0.3, 0.4) is 0 Å². The highest BCUT2D eigenvalue weighted by atomic mass is 19.1. The Kier molecular flexibility index (Phi) is 5.65. The average molecular weight is 358 g/mol. The molecule has 0 fully saturated rings. The Morgan fingerprint density at radius 1 is 1.23 bits per heavy atom. The third-order valence-electron chi connectivity index (χ3n) is 4.47. The van der Waals surface area contributed by atoms with E-state index in [9.17, 15) is 14.0 Å². The van der Waals surface area contributed by atoms with Gasteiger partial charge in [-0.2, -0.15) is 0 Å². The lowest BCUT2D eigenvalue weighted by Crippen LogP contribution is -2.26. The molecule has 0 atom stereocenters. The Labute approximate surface area is 151 Å².